The fraction of sp³-hybridized carbons (Fsp3) is 0.462. The second-order valence-electron chi connectivity index (χ2n) is 4.09. The van der Waals surface area contributed by atoms with Gasteiger partial charge in [-0.2, -0.15) is 0 Å². The van der Waals surface area contributed by atoms with E-state index < -0.39 is 0 Å². The summed E-state index contributed by atoms with van der Waals surface area (Å²) in [5, 5.41) is 3.11. The maximum Gasteiger partial charge on any atom is 0.128 e. The molecule has 0 saturated carbocycles. The second kappa shape index (κ2) is 6.28. The van der Waals surface area contributed by atoms with Crippen LogP contribution in [0.1, 0.15) is 19.4 Å². The van der Waals surface area contributed by atoms with Crippen LogP contribution in [0.15, 0.2) is 31.0 Å². The highest BCUT2D eigenvalue weighted by Crippen LogP contribution is 2.14. The molecular weight excluding hydrogens is 198 g/mol. The molecule has 0 spiro atoms. The fourth-order valence-electron chi connectivity index (χ4n) is 1.60. The van der Waals surface area contributed by atoms with E-state index in [1.807, 2.05) is 19.3 Å². The molecule has 0 aliphatic carbocycles. The quantitative estimate of drug-likeness (QED) is 0.743. The number of rotatable bonds is 6. The van der Waals surface area contributed by atoms with Crippen molar-refractivity contribution in [2.75, 3.05) is 18.5 Å². The van der Waals surface area contributed by atoms with Crippen molar-refractivity contribution in [1.82, 2.24) is 10.3 Å². The lowest BCUT2D eigenvalue weighted by molar-refractivity contribution is 0.711. The first-order chi connectivity index (χ1) is 7.69. The third kappa shape index (κ3) is 3.35. The summed E-state index contributed by atoms with van der Waals surface area (Å²) in [4.78, 5) is 6.69. The third-order valence-electron chi connectivity index (χ3n) is 2.43. The molecule has 88 valence electrons. The Morgan fingerprint density at radius 3 is 2.69 bits per heavy atom. The van der Waals surface area contributed by atoms with Gasteiger partial charge in [0.15, 0.2) is 0 Å². The average Bonchev–Trinajstić information content (AvgIpc) is 2.27. The summed E-state index contributed by atoms with van der Waals surface area (Å²) in [6, 6.07) is 4.61. The normalized spacial score (nSPS) is 10.5. The molecule has 16 heavy (non-hydrogen) atoms. The highest BCUT2D eigenvalue weighted by Gasteiger charge is 2.09. The van der Waals surface area contributed by atoms with E-state index in [2.05, 4.69) is 47.8 Å². The Balaban J connectivity index is 2.80. The van der Waals surface area contributed by atoms with E-state index in [9.17, 15) is 0 Å². The molecule has 0 fully saturated rings. The molecule has 1 aromatic heterocycles. The molecular formula is C13H21N3. The smallest absolute Gasteiger partial charge is 0.128 e. The molecule has 0 aliphatic rings. The van der Waals surface area contributed by atoms with Gasteiger partial charge in [-0.3, -0.25) is 0 Å². The van der Waals surface area contributed by atoms with E-state index in [0.717, 1.165) is 18.9 Å². The number of hydrogen-bond donors (Lipinski definition) is 1. The van der Waals surface area contributed by atoms with E-state index in [4.69, 9.17) is 0 Å². The van der Waals surface area contributed by atoms with E-state index in [1.54, 1.807) is 0 Å². The number of nitrogens with zero attached hydrogens (tertiary/aromatic N) is 2. The molecule has 1 rings (SSSR count). The Hall–Kier alpha value is -1.35. The topological polar surface area (TPSA) is 28.2 Å². The molecule has 0 radical (unpaired) electrons. The summed E-state index contributed by atoms with van der Waals surface area (Å²) in [7, 11) is 1.94. The van der Waals surface area contributed by atoms with Gasteiger partial charge >= 0.3 is 0 Å². The monoisotopic (exact) mass is 219 g/mol. The maximum absolute atomic E-state index is 4.48. The van der Waals surface area contributed by atoms with Crippen molar-refractivity contribution >= 4 is 5.82 Å². The number of hydrogen-bond acceptors (Lipinski definition) is 3. The highest BCUT2D eigenvalue weighted by atomic mass is 15.2. The Morgan fingerprint density at radius 1 is 1.50 bits per heavy atom. The predicted molar refractivity (Wildman–Crippen MR) is 69.7 cm³/mol. The summed E-state index contributed by atoms with van der Waals surface area (Å²) >= 11 is 0. The average molecular weight is 219 g/mol. The molecule has 1 heterocycles. The van der Waals surface area contributed by atoms with Gasteiger partial charge in [0, 0.05) is 25.3 Å². The molecule has 0 unspecified atom stereocenters. The molecule has 0 amide bonds. The van der Waals surface area contributed by atoms with Gasteiger partial charge in [0.25, 0.3) is 0 Å². The lowest BCUT2D eigenvalue weighted by Gasteiger charge is -2.26. The van der Waals surface area contributed by atoms with Crippen LogP contribution in [-0.2, 0) is 6.54 Å². The Morgan fingerprint density at radius 2 is 2.25 bits per heavy atom. The van der Waals surface area contributed by atoms with Crippen LogP contribution in [0.2, 0.25) is 0 Å². The van der Waals surface area contributed by atoms with Gasteiger partial charge in [0.05, 0.1) is 0 Å². The fourth-order valence-corrected chi connectivity index (χ4v) is 1.60. The zero-order chi connectivity index (χ0) is 12.0. The number of anilines is 1. The van der Waals surface area contributed by atoms with E-state index in [-0.39, 0.29) is 0 Å². The van der Waals surface area contributed by atoms with Crippen molar-refractivity contribution in [2.45, 2.75) is 26.4 Å². The van der Waals surface area contributed by atoms with Crippen molar-refractivity contribution in [3.05, 3.63) is 36.5 Å². The summed E-state index contributed by atoms with van der Waals surface area (Å²) in [5.74, 6) is 1.01. The zero-order valence-electron chi connectivity index (χ0n) is 10.4. The van der Waals surface area contributed by atoms with Gasteiger partial charge in [-0.25, -0.2) is 4.98 Å². The van der Waals surface area contributed by atoms with Gasteiger partial charge in [-0.05, 0) is 32.5 Å². The van der Waals surface area contributed by atoms with E-state index in [1.165, 1.54) is 5.56 Å². The first kappa shape index (κ1) is 12.7. The number of nitrogens with one attached hydrogen (secondary N) is 1. The Labute approximate surface area is 98.2 Å². The number of pyridine rings is 1. The van der Waals surface area contributed by atoms with Crippen LogP contribution in [-0.4, -0.2) is 24.6 Å². The molecule has 3 nitrogen and oxygen atoms in total. The van der Waals surface area contributed by atoms with Crippen LogP contribution in [0.25, 0.3) is 0 Å². The Bertz CT molecular complexity index is 316. The van der Waals surface area contributed by atoms with E-state index in [0.29, 0.717) is 6.04 Å². The van der Waals surface area contributed by atoms with Crippen LogP contribution in [0.3, 0.4) is 0 Å². The van der Waals surface area contributed by atoms with Crippen LogP contribution >= 0.6 is 0 Å². The van der Waals surface area contributed by atoms with E-state index >= 15 is 0 Å². The van der Waals surface area contributed by atoms with Crippen LogP contribution in [0.5, 0.6) is 0 Å². The van der Waals surface area contributed by atoms with Crippen molar-refractivity contribution in [2.24, 2.45) is 0 Å². The molecule has 0 atom stereocenters. The first-order valence-corrected chi connectivity index (χ1v) is 5.66. The van der Waals surface area contributed by atoms with Gasteiger partial charge < -0.3 is 10.2 Å². The minimum atomic E-state index is 0.431. The molecule has 1 N–H and O–H groups in total. The maximum atomic E-state index is 4.48. The summed E-state index contributed by atoms with van der Waals surface area (Å²) in [5.41, 5.74) is 1.20. The van der Waals surface area contributed by atoms with Gasteiger partial charge in [0.1, 0.15) is 5.82 Å². The standard InChI is InChI=1S/C13H21N3/c1-5-8-16(11(2)3)13-7-6-12(9-14-4)10-15-13/h5-7,10-11,14H,1,8-9H2,2-4H3. The molecule has 0 aliphatic heterocycles. The van der Waals surface area contributed by atoms with Gasteiger partial charge in [-0.15, -0.1) is 6.58 Å². The SMILES string of the molecule is C=CCN(c1ccc(CNC)cn1)C(C)C. The van der Waals surface area contributed by atoms with Crippen LogP contribution < -0.4 is 10.2 Å². The van der Waals surface area contributed by atoms with Gasteiger partial charge in [-0.1, -0.05) is 12.1 Å². The molecule has 3 heteroatoms. The second-order valence-corrected chi connectivity index (χ2v) is 4.09. The molecule has 0 aromatic carbocycles. The zero-order valence-corrected chi connectivity index (χ0v) is 10.4. The Kier molecular flexibility index (Phi) is 4.99. The predicted octanol–water partition coefficient (Wildman–Crippen LogP) is 2.20. The summed E-state index contributed by atoms with van der Waals surface area (Å²) < 4.78 is 0. The lowest BCUT2D eigenvalue weighted by Crippen LogP contribution is -2.31. The largest absolute Gasteiger partial charge is 0.350 e. The van der Waals surface area contributed by atoms with Gasteiger partial charge in [0.2, 0.25) is 0 Å². The highest BCUT2D eigenvalue weighted by molar-refractivity contribution is 5.41. The molecule has 1 aromatic rings. The third-order valence-corrected chi connectivity index (χ3v) is 2.43. The number of aromatic nitrogens is 1. The van der Waals surface area contributed by atoms with Crippen molar-refractivity contribution in [3.8, 4) is 0 Å². The summed E-state index contributed by atoms with van der Waals surface area (Å²) in [6.45, 7) is 9.78. The van der Waals surface area contributed by atoms with Crippen molar-refractivity contribution < 1.29 is 0 Å². The van der Waals surface area contributed by atoms with Crippen molar-refractivity contribution in [3.63, 3.8) is 0 Å². The van der Waals surface area contributed by atoms with Crippen molar-refractivity contribution in [1.29, 1.82) is 0 Å². The molecule has 0 saturated heterocycles. The first-order valence-electron chi connectivity index (χ1n) is 5.66. The summed E-state index contributed by atoms with van der Waals surface area (Å²) in [6.07, 6.45) is 3.83. The van der Waals surface area contributed by atoms with Crippen LogP contribution in [0, 0.1) is 0 Å². The lowest BCUT2D eigenvalue weighted by atomic mass is 10.2. The minimum absolute atomic E-state index is 0.431. The van der Waals surface area contributed by atoms with Crippen LogP contribution in [0.4, 0.5) is 5.82 Å². The minimum Gasteiger partial charge on any atom is -0.350 e. The molecule has 0 bridgehead atoms.